The van der Waals surface area contributed by atoms with Gasteiger partial charge in [0.2, 0.25) is 5.91 Å². The van der Waals surface area contributed by atoms with Crippen molar-refractivity contribution in [1.82, 2.24) is 0 Å². The number of hydrogen-bond acceptors (Lipinski definition) is 7. The van der Waals surface area contributed by atoms with Crippen molar-refractivity contribution in [3.63, 3.8) is 0 Å². The van der Waals surface area contributed by atoms with Gasteiger partial charge in [0.15, 0.2) is 11.5 Å². The molecular formula is C26H28N2O7S. The number of methoxy groups -OCH3 is 2. The van der Waals surface area contributed by atoms with Crippen LogP contribution in [0.4, 0.5) is 11.4 Å². The predicted octanol–water partition coefficient (Wildman–Crippen LogP) is 4.02. The number of anilines is 2. The van der Waals surface area contributed by atoms with E-state index >= 15 is 0 Å². The van der Waals surface area contributed by atoms with E-state index in [9.17, 15) is 18.0 Å². The van der Waals surface area contributed by atoms with Crippen LogP contribution in [-0.2, 0) is 19.6 Å². The van der Waals surface area contributed by atoms with Crippen LogP contribution in [0.2, 0.25) is 0 Å². The third-order valence-corrected chi connectivity index (χ3v) is 7.02. The van der Waals surface area contributed by atoms with E-state index in [1.807, 2.05) is 6.92 Å². The molecule has 0 bridgehead atoms. The number of aryl methyl sites for hydroxylation is 1. The summed E-state index contributed by atoms with van der Waals surface area (Å²) in [6, 6.07) is 17.3. The first kappa shape index (κ1) is 26.6. The third-order valence-electron chi connectivity index (χ3n) is 5.25. The Labute approximate surface area is 210 Å². The van der Waals surface area contributed by atoms with Crippen LogP contribution < -0.4 is 19.1 Å². The van der Waals surface area contributed by atoms with Gasteiger partial charge in [-0.15, -0.1) is 0 Å². The van der Waals surface area contributed by atoms with Gasteiger partial charge in [-0.05, 0) is 50.2 Å². The number of benzene rings is 3. The van der Waals surface area contributed by atoms with Crippen molar-refractivity contribution in [2.75, 3.05) is 37.0 Å². The Hall–Kier alpha value is -4.05. The average molecular weight is 513 g/mol. The molecule has 3 rings (SSSR count). The molecular weight excluding hydrogens is 484 g/mol. The quantitative estimate of drug-likeness (QED) is 0.409. The van der Waals surface area contributed by atoms with Crippen LogP contribution in [-0.4, -0.2) is 47.7 Å². The Bertz CT molecular complexity index is 1340. The molecule has 0 unspecified atom stereocenters. The van der Waals surface area contributed by atoms with Gasteiger partial charge < -0.3 is 19.5 Å². The predicted molar refractivity (Wildman–Crippen MR) is 136 cm³/mol. The average Bonchev–Trinajstić information content (AvgIpc) is 2.87. The fourth-order valence-corrected chi connectivity index (χ4v) is 4.87. The van der Waals surface area contributed by atoms with Crippen molar-refractivity contribution < 1.29 is 32.2 Å². The van der Waals surface area contributed by atoms with Crippen molar-refractivity contribution in [1.29, 1.82) is 0 Å². The Morgan fingerprint density at radius 2 is 1.58 bits per heavy atom. The molecule has 10 heteroatoms. The lowest BCUT2D eigenvalue weighted by Crippen LogP contribution is -2.38. The summed E-state index contributed by atoms with van der Waals surface area (Å²) >= 11 is 0. The zero-order chi connectivity index (χ0) is 26.3. The molecule has 0 aromatic heterocycles. The number of hydrogen-bond donors (Lipinski definition) is 1. The molecule has 3 aromatic rings. The lowest BCUT2D eigenvalue weighted by molar-refractivity contribution is -0.114. The molecule has 1 amide bonds. The zero-order valence-electron chi connectivity index (χ0n) is 20.5. The van der Waals surface area contributed by atoms with Gasteiger partial charge in [-0.2, -0.15) is 0 Å². The lowest BCUT2D eigenvalue weighted by Gasteiger charge is -2.25. The van der Waals surface area contributed by atoms with Crippen molar-refractivity contribution in [3.05, 3.63) is 77.9 Å². The van der Waals surface area contributed by atoms with Gasteiger partial charge in [0.1, 0.15) is 6.54 Å². The largest absolute Gasteiger partial charge is 0.493 e. The molecule has 0 aliphatic heterocycles. The third kappa shape index (κ3) is 5.95. The summed E-state index contributed by atoms with van der Waals surface area (Å²) in [5.74, 6) is -0.639. The van der Waals surface area contributed by atoms with Crippen molar-refractivity contribution in [3.8, 4) is 11.5 Å². The SMILES string of the molecule is CCOC(=O)c1ccccc1NC(=O)CN(c1ccc(C)cc1)S(=O)(=O)c1ccc(OC)c(OC)c1. The summed E-state index contributed by atoms with van der Waals surface area (Å²) in [6.45, 7) is 3.18. The molecule has 190 valence electrons. The van der Waals surface area contributed by atoms with E-state index in [2.05, 4.69) is 5.32 Å². The van der Waals surface area contributed by atoms with Gasteiger partial charge >= 0.3 is 5.97 Å². The van der Waals surface area contributed by atoms with E-state index in [-0.39, 0.29) is 28.5 Å². The zero-order valence-corrected chi connectivity index (χ0v) is 21.3. The summed E-state index contributed by atoms with van der Waals surface area (Å²) in [5, 5.41) is 2.64. The number of carbonyl (C=O) groups excluding carboxylic acids is 2. The molecule has 0 radical (unpaired) electrons. The highest BCUT2D eigenvalue weighted by Gasteiger charge is 2.29. The molecule has 9 nitrogen and oxygen atoms in total. The van der Waals surface area contributed by atoms with Crippen molar-refractivity contribution >= 4 is 33.3 Å². The maximum absolute atomic E-state index is 13.7. The van der Waals surface area contributed by atoms with Crippen LogP contribution in [0.25, 0.3) is 0 Å². The Kier molecular flexibility index (Phi) is 8.55. The number of sulfonamides is 1. The second-order valence-corrected chi connectivity index (χ2v) is 9.54. The number of ether oxygens (including phenoxy) is 3. The normalized spacial score (nSPS) is 10.9. The minimum atomic E-state index is -4.20. The van der Waals surface area contributed by atoms with E-state index in [1.165, 1.54) is 38.5 Å². The molecule has 36 heavy (non-hydrogen) atoms. The van der Waals surface area contributed by atoms with Crippen molar-refractivity contribution in [2.24, 2.45) is 0 Å². The van der Waals surface area contributed by atoms with E-state index in [4.69, 9.17) is 14.2 Å². The number of esters is 1. The highest BCUT2D eigenvalue weighted by atomic mass is 32.2. The summed E-state index contributed by atoms with van der Waals surface area (Å²) in [4.78, 5) is 25.3. The maximum Gasteiger partial charge on any atom is 0.340 e. The molecule has 3 aromatic carbocycles. The Morgan fingerprint density at radius 3 is 2.22 bits per heavy atom. The van der Waals surface area contributed by atoms with Crippen LogP contribution in [0.3, 0.4) is 0 Å². The van der Waals surface area contributed by atoms with E-state index in [1.54, 1.807) is 49.4 Å². The Balaban J connectivity index is 1.98. The molecule has 0 fully saturated rings. The molecule has 0 saturated heterocycles. The van der Waals surface area contributed by atoms with Crippen molar-refractivity contribution in [2.45, 2.75) is 18.7 Å². The number of para-hydroxylation sites is 1. The van der Waals surface area contributed by atoms with Gasteiger partial charge in [-0.25, -0.2) is 13.2 Å². The van der Waals surface area contributed by atoms with E-state index < -0.39 is 28.4 Å². The van der Waals surface area contributed by atoms with Crippen LogP contribution in [0.1, 0.15) is 22.8 Å². The number of nitrogens with one attached hydrogen (secondary N) is 1. The number of rotatable bonds is 10. The molecule has 0 spiro atoms. The number of amides is 1. The number of nitrogens with zero attached hydrogens (tertiary/aromatic N) is 1. The second-order valence-electron chi connectivity index (χ2n) is 7.68. The first-order valence-corrected chi connectivity index (χ1v) is 12.5. The second kappa shape index (κ2) is 11.6. The summed E-state index contributed by atoms with van der Waals surface area (Å²) < 4.78 is 43.9. The maximum atomic E-state index is 13.7. The molecule has 0 aliphatic carbocycles. The standard InChI is InChI=1S/C26H28N2O7S/c1-5-35-26(30)21-8-6-7-9-22(21)27-25(29)17-28(19-12-10-18(2)11-13-19)36(31,32)20-14-15-23(33-3)24(16-20)34-4/h6-16H,5,17H2,1-4H3,(H,27,29). The topological polar surface area (TPSA) is 111 Å². The van der Waals surface area contributed by atoms with Gasteiger partial charge in [-0.3, -0.25) is 9.10 Å². The first-order valence-electron chi connectivity index (χ1n) is 11.1. The van der Waals surface area contributed by atoms with Crippen LogP contribution in [0, 0.1) is 6.92 Å². The number of carbonyl (C=O) groups is 2. The monoisotopic (exact) mass is 512 g/mol. The summed E-state index contributed by atoms with van der Waals surface area (Å²) in [5.41, 5.74) is 1.60. The molecule has 0 heterocycles. The summed E-state index contributed by atoms with van der Waals surface area (Å²) in [6.07, 6.45) is 0. The van der Waals surface area contributed by atoms with E-state index in [0.717, 1.165) is 9.87 Å². The molecule has 0 atom stereocenters. The van der Waals surface area contributed by atoms with Gasteiger partial charge in [0.25, 0.3) is 10.0 Å². The minimum Gasteiger partial charge on any atom is -0.493 e. The molecule has 1 N–H and O–H groups in total. The fraction of sp³-hybridized carbons (Fsp3) is 0.231. The highest BCUT2D eigenvalue weighted by Crippen LogP contribution is 2.32. The Morgan fingerprint density at radius 1 is 0.917 bits per heavy atom. The van der Waals surface area contributed by atoms with Crippen LogP contribution >= 0.6 is 0 Å². The van der Waals surface area contributed by atoms with E-state index in [0.29, 0.717) is 11.4 Å². The lowest BCUT2D eigenvalue weighted by atomic mass is 10.2. The van der Waals surface area contributed by atoms with Crippen LogP contribution in [0.5, 0.6) is 11.5 Å². The van der Waals surface area contributed by atoms with Gasteiger partial charge in [0, 0.05) is 6.07 Å². The molecule has 0 saturated carbocycles. The molecule has 0 aliphatic rings. The van der Waals surface area contributed by atoms with Gasteiger partial charge in [0.05, 0.1) is 42.7 Å². The van der Waals surface area contributed by atoms with Gasteiger partial charge in [-0.1, -0.05) is 29.8 Å². The summed E-state index contributed by atoms with van der Waals surface area (Å²) in [7, 11) is -1.35. The smallest absolute Gasteiger partial charge is 0.340 e. The minimum absolute atomic E-state index is 0.0829. The highest BCUT2D eigenvalue weighted by molar-refractivity contribution is 7.92. The first-order chi connectivity index (χ1) is 17.2. The fourth-order valence-electron chi connectivity index (χ4n) is 3.43. The van der Waals surface area contributed by atoms with Crippen LogP contribution in [0.15, 0.2) is 71.6 Å².